The van der Waals surface area contributed by atoms with Gasteiger partial charge in [0.15, 0.2) is 0 Å². The number of pyridine rings is 1. The molecule has 1 aliphatic carbocycles. The predicted molar refractivity (Wildman–Crippen MR) is 129 cm³/mol. The largest absolute Gasteiger partial charge is 0.368 e. The molecule has 3 aliphatic heterocycles. The molecule has 0 atom stereocenters. The van der Waals surface area contributed by atoms with Crippen LogP contribution in [0.25, 0.3) is 10.9 Å². The smallest absolute Gasteiger partial charge is 0.282 e. The second-order valence-electron chi connectivity index (χ2n) is 9.86. The van der Waals surface area contributed by atoms with Crippen molar-refractivity contribution in [1.82, 2.24) is 18.5 Å². The first-order valence-corrected chi connectivity index (χ1v) is 13.6. The van der Waals surface area contributed by atoms with Crippen molar-refractivity contribution >= 4 is 32.7 Å². The fourth-order valence-corrected chi connectivity index (χ4v) is 7.17. The zero-order chi connectivity index (χ0) is 23.3. The quantitative estimate of drug-likeness (QED) is 0.652. The van der Waals surface area contributed by atoms with Gasteiger partial charge in [-0.2, -0.15) is 17.0 Å². The number of benzene rings is 1. The lowest BCUT2D eigenvalue weighted by atomic mass is 9.90. The maximum atomic E-state index is 13.4. The first kappa shape index (κ1) is 22.2. The van der Waals surface area contributed by atoms with Crippen LogP contribution in [0.3, 0.4) is 0 Å². The molecule has 4 aliphatic rings. The second kappa shape index (κ2) is 8.44. The second-order valence-corrected chi connectivity index (χ2v) is 11.8. The molecule has 10 heteroatoms. The van der Waals surface area contributed by atoms with Crippen molar-refractivity contribution in [2.75, 3.05) is 57.3 Å². The zero-order valence-corrected chi connectivity index (χ0v) is 20.1. The lowest BCUT2D eigenvalue weighted by molar-refractivity contribution is -0.170. The number of carbonyl (C=O) groups is 1. The van der Waals surface area contributed by atoms with Gasteiger partial charge in [-0.1, -0.05) is 6.07 Å². The summed E-state index contributed by atoms with van der Waals surface area (Å²) in [6.07, 6.45) is 5.20. The highest BCUT2D eigenvalue weighted by Crippen LogP contribution is 2.37. The van der Waals surface area contributed by atoms with Gasteiger partial charge >= 0.3 is 0 Å². The number of amides is 1. The Kier molecular flexibility index (Phi) is 5.51. The van der Waals surface area contributed by atoms with E-state index in [0.29, 0.717) is 64.7 Å². The summed E-state index contributed by atoms with van der Waals surface area (Å²) in [5.74, 6) is 0.0722. The highest BCUT2D eigenvalue weighted by atomic mass is 32.2. The molecule has 34 heavy (non-hydrogen) atoms. The van der Waals surface area contributed by atoms with E-state index in [-0.39, 0.29) is 12.5 Å². The Hall–Kier alpha value is -2.27. The van der Waals surface area contributed by atoms with E-state index in [1.54, 1.807) is 14.8 Å². The van der Waals surface area contributed by atoms with Gasteiger partial charge in [0.1, 0.15) is 6.61 Å². The van der Waals surface area contributed by atoms with E-state index in [2.05, 4.69) is 22.0 Å². The van der Waals surface area contributed by atoms with Gasteiger partial charge in [-0.15, -0.1) is 0 Å². The first-order chi connectivity index (χ1) is 16.5. The van der Waals surface area contributed by atoms with Crippen molar-refractivity contribution in [3.05, 3.63) is 36.5 Å². The monoisotopic (exact) mass is 485 g/mol. The van der Waals surface area contributed by atoms with Crippen molar-refractivity contribution in [1.29, 1.82) is 0 Å². The molecule has 0 unspecified atom stereocenters. The van der Waals surface area contributed by atoms with Gasteiger partial charge in [-0.25, -0.2) is 0 Å². The lowest BCUT2D eigenvalue weighted by Crippen LogP contribution is -2.61. The van der Waals surface area contributed by atoms with Gasteiger partial charge in [0.05, 0.1) is 17.7 Å². The number of nitrogens with zero attached hydrogens (tertiary/aromatic N) is 5. The van der Waals surface area contributed by atoms with Gasteiger partial charge < -0.3 is 14.5 Å². The van der Waals surface area contributed by atoms with Gasteiger partial charge in [-0.3, -0.25) is 9.78 Å². The van der Waals surface area contributed by atoms with Crippen LogP contribution in [0.1, 0.15) is 25.7 Å². The van der Waals surface area contributed by atoms with Crippen LogP contribution in [0.4, 0.5) is 5.69 Å². The summed E-state index contributed by atoms with van der Waals surface area (Å²) in [4.78, 5) is 20.9. The summed E-state index contributed by atoms with van der Waals surface area (Å²) in [5.41, 5.74) is 1.65. The molecule has 4 fully saturated rings. The van der Waals surface area contributed by atoms with Crippen LogP contribution < -0.4 is 4.90 Å². The standard InChI is InChI=1S/C24H31N5O4S/c30-23-17-33-24(18-29(23)19-6-7-19)8-11-27(12-9-24)34(31,32)28-15-13-26(14-16-28)22-5-1-4-21-20(22)3-2-10-25-21/h1-5,10,19H,6-9,11-18H2. The third-order valence-electron chi connectivity index (χ3n) is 7.76. The number of morpholine rings is 1. The number of aromatic nitrogens is 1. The molecule has 1 aromatic carbocycles. The van der Waals surface area contributed by atoms with E-state index in [9.17, 15) is 13.2 Å². The third-order valence-corrected chi connectivity index (χ3v) is 9.79. The molecule has 9 nitrogen and oxygen atoms in total. The van der Waals surface area contributed by atoms with Gasteiger partial charge in [0, 0.05) is 62.6 Å². The van der Waals surface area contributed by atoms with E-state index in [1.807, 2.05) is 23.1 Å². The maximum absolute atomic E-state index is 13.4. The Morgan fingerprint density at radius 3 is 2.41 bits per heavy atom. The number of carbonyl (C=O) groups excluding carboxylic acids is 1. The van der Waals surface area contributed by atoms with Gasteiger partial charge in [0.25, 0.3) is 10.2 Å². The molecule has 1 aromatic heterocycles. The number of piperidine rings is 1. The topological polar surface area (TPSA) is 86.3 Å². The molecule has 4 heterocycles. The number of hydrogen-bond donors (Lipinski definition) is 0. The van der Waals surface area contributed by atoms with Crippen LogP contribution in [0, 0.1) is 0 Å². The van der Waals surface area contributed by atoms with Crippen LogP contribution in [0.5, 0.6) is 0 Å². The minimum Gasteiger partial charge on any atom is -0.368 e. The summed E-state index contributed by atoms with van der Waals surface area (Å²) in [7, 11) is -3.53. The van der Waals surface area contributed by atoms with E-state index in [1.165, 1.54) is 0 Å². The van der Waals surface area contributed by atoms with Crippen LogP contribution in [-0.4, -0.2) is 96.9 Å². The van der Waals surface area contributed by atoms with E-state index in [0.717, 1.165) is 29.4 Å². The molecule has 2 aromatic rings. The Balaban J connectivity index is 1.09. The Morgan fingerprint density at radius 1 is 0.941 bits per heavy atom. The molecule has 182 valence electrons. The molecule has 1 amide bonds. The lowest BCUT2D eigenvalue weighted by Gasteiger charge is -2.47. The molecule has 1 spiro atoms. The molecule has 6 rings (SSSR count). The SMILES string of the molecule is O=C1COC2(CCN(S(=O)(=O)N3CCN(c4cccc5ncccc45)CC3)CC2)CN1C1CC1. The summed E-state index contributed by atoms with van der Waals surface area (Å²) in [6, 6.07) is 10.4. The summed E-state index contributed by atoms with van der Waals surface area (Å²) >= 11 is 0. The molecule has 3 saturated heterocycles. The zero-order valence-electron chi connectivity index (χ0n) is 19.3. The Bertz CT molecular complexity index is 1180. The highest BCUT2D eigenvalue weighted by molar-refractivity contribution is 7.86. The average Bonchev–Trinajstić information content (AvgIpc) is 3.71. The normalized spacial score (nSPS) is 24.8. The predicted octanol–water partition coefficient (Wildman–Crippen LogP) is 1.46. The first-order valence-electron chi connectivity index (χ1n) is 12.2. The van der Waals surface area contributed by atoms with Crippen molar-refractivity contribution in [3.8, 4) is 0 Å². The van der Waals surface area contributed by atoms with Crippen molar-refractivity contribution < 1.29 is 17.9 Å². The minimum atomic E-state index is -3.53. The molecule has 1 saturated carbocycles. The third kappa shape index (κ3) is 3.96. The van der Waals surface area contributed by atoms with Crippen molar-refractivity contribution in [3.63, 3.8) is 0 Å². The average molecular weight is 486 g/mol. The van der Waals surface area contributed by atoms with Crippen molar-refractivity contribution in [2.45, 2.75) is 37.3 Å². The van der Waals surface area contributed by atoms with E-state index < -0.39 is 15.8 Å². The fraction of sp³-hybridized carbons (Fsp3) is 0.583. The fourth-order valence-electron chi connectivity index (χ4n) is 5.57. The number of hydrogen-bond acceptors (Lipinski definition) is 6. The Morgan fingerprint density at radius 2 is 1.68 bits per heavy atom. The van der Waals surface area contributed by atoms with Gasteiger partial charge in [-0.05, 0) is 49.9 Å². The number of anilines is 1. The van der Waals surface area contributed by atoms with Crippen molar-refractivity contribution in [2.24, 2.45) is 0 Å². The van der Waals surface area contributed by atoms with E-state index >= 15 is 0 Å². The Labute approximate surface area is 200 Å². The summed E-state index contributed by atoms with van der Waals surface area (Å²) in [6.45, 7) is 3.80. The maximum Gasteiger partial charge on any atom is 0.282 e. The molecule has 0 radical (unpaired) electrons. The number of rotatable bonds is 4. The summed E-state index contributed by atoms with van der Waals surface area (Å²) < 4.78 is 36.1. The summed E-state index contributed by atoms with van der Waals surface area (Å²) in [5, 5.41) is 1.09. The molecular formula is C24H31N5O4S. The van der Waals surface area contributed by atoms with Gasteiger partial charge in [0.2, 0.25) is 5.91 Å². The number of ether oxygens (including phenoxy) is 1. The number of fused-ring (bicyclic) bond motifs is 1. The van der Waals surface area contributed by atoms with Crippen LogP contribution in [-0.2, 0) is 19.7 Å². The number of piperazine rings is 1. The molecule has 0 bridgehead atoms. The van der Waals surface area contributed by atoms with E-state index in [4.69, 9.17) is 4.74 Å². The van der Waals surface area contributed by atoms with Crippen LogP contribution in [0.15, 0.2) is 36.5 Å². The molecular weight excluding hydrogens is 454 g/mol. The molecule has 0 N–H and O–H groups in total. The minimum absolute atomic E-state index is 0.0722. The van der Waals surface area contributed by atoms with Crippen LogP contribution >= 0.6 is 0 Å². The highest BCUT2D eigenvalue weighted by Gasteiger charge is 2.48. The van der Waals surface area contributed by atoms with Crippen LogP contribution in [0.2, 0.25) is 0 Å².